The van der Waals surface area contributed by atoms with Gasteiger partial charge in [0.2, 0.25) is 5.91 Å². The summed E-state index contributed by atoms with van der Waals surface area (Å²) in [5.41, 5.74) is 3.95. The van der Waals surface area contributed by atoms with Gasteiger partial charge in [0.15, 0.2) is 23.2 Å². The van der Waals surface area contributed by atoms with Crippen molar-refractivity contribution in [1.29, 1.82) is 0 Å². The number of halogens is 2. The summed E-state index contributed by atoms with van der Waals surface area (Å²) in [6, 6.07) is 11.4. The number of nitrogens with zero attached hydrogens (tertiary/aromatic N) is 5. The van der Waals surface area contributed by atoms with Crippen molar-refractivity contribution in [3.05, 3.63) is 89.5 Å². The minimum absolute atomic E-state index is 0.0741. The van der Waals surface area contributed by atoms with E-state index in [2.05, 4.69) is 15.4 Å². The van der Waals surface area contributed by atoms with E-state index in [0.717, 1.165) is 34.4 Å². The third-order valence-corrected chi connectivity index (χ3v) is 7.17. The molecule has 6 rings (SSSR count). The van der Waals surface area contributed by atoms with Crippen molar-refractivity contribution in [2.75, 3.05) is 16.8 Å². The van der Waals surface area contributed by atoms with Crippen molar-refractivity contribution < 1.29 is 32.5 Å². The maximum Gasteiger partial charge on any atom is 0.505 e. The first-order valence-corrected chi connectivity index (χ1v) is 13.7. The first kappa shape index (κ1) is 26.9. The van der Waals surface area contributed by atoms with E-state index in [9.17, 15) is 18.8 Å². The lowest BCUT2D eigenvalue weighted by molar-refractivity contribution is -0.419. The van der Waals surface area contributed by atoms with Crippen LogP contribution in [0.1, 0.15) is 6.92 Å². The van der Waals surface area contributed by atoms with Gasteiger partial charge in [0.25, 0.3) is 0 Å². The highest BCUT2D eigenvalue weighted by molar-refractivity contribution is 7.07. The molecule has 0 aliphatic carbocycles. The average Bonchev–Trinajstić information content (AvgIpc) is 3.68. The third kappa shape index (κ3) is 5.01. The fraction of sp³-hybridized carbons (Fsp3) is 0.103. The zero-order valence-electron chi connectivity index (χ0n) is 21.9. The number of hydrogen-bond acceptors (Lipinski definition) is 7. The van der Waals surface area contributed by atoms with E-state index in [1.54, 1.807) is 41.5 Å². The van der Waals surface area contributed by atoms with Crippen LogP contribution in [0.3, 0.4) is 0 Å². The number of carbonyl (C=O) groups is 3. The van der Waals surface area contributed by atoms with Gasteiger partial charge in [-0.1, -0.05) is 0 Å². The maximum absolute atomic E-state index is 15.2. The summed E-state index contributed by atoms with van der Waals surface area (Å²) in [6.07, 6.45) is 4.61. The molecule has 4 heterocycles. The molecule has 3 aromatic heterocycles. The lowest BCUT2D eigenvalue weighted by Gasteiger charge is -2.22. The fourth-order valence-electron chi connectivity index (χ4n) is 4.49. The summed E-state index contributed by atoms with van der Waals surface area (Å²) < 4.78 is 37.4. The Labute approximate surface area is 241 Å². The Morgan fingerprint density at radius 2 is 1.90 bits per heavy atom. The fourth-order valence-corrected chi connectivity index (χ4v) is 5.05. The number of aromatic nitrogens is 3. The summed E-state index contributed by atoms with van der Waals surface area (Å²) >= 11 is 1.44. The highest BCUT2D eigenvalue weighted by Crippen LogP contribution is 2.33. The van der Waals surface area contributed by atoms with Gasteiger partial charge < -0.3 is 10.1 Å². The van der Waals surface area contributed by atoms with Crippen molar-refractivity contribution in [2.45, 2.75) is 6.92 Å². The molecule has 1 aliphatic heterocycles. The molecule has 0 saturated carbocycles. The second-order valence-electron chi connectivity index (χ2n) is 9.21. The van der Waals surface area contributed by atoms with Gasteiger partial charge in [-0.2, -0.15) is 9.89 Å². The van der Waals surface area contributed by atoms with Gasteiger partial charge >= 0.3 is 11.9 Å². The van der Waals surface area contributed by atoms with Crippen LogP contribution in [0.5, 0.6) is 11.5 Å². The number of hydrogen-bond donors (Lipinski definition) is 1. The topological polar surface area (TPSA) is 109 Å². The molecule has 0 spiro atoms. The Hall–Kier alpha value is -5.30. The van der Waals surface area contributed by atoms with E-state index in [0.29, 0.717) is 11.3 Å². The molecule has 0 fully saturated rings. The molecule has 1 aliphatic rings. The van der Waals surface area contributed by atoms with Crippen LogP contribution in [0, 0.1) is 17.6 Å². The number of pyridine rings is 1. The Bertz CT molecular complexity index is 1870. The molecule has 42 heavy (non-hydrogen) atoms. The van der Waals surface area contributed by atoms with Crippen LogP contribution < -0.4 is 15.0 Å². The first-order chi connectivity index (χ1) is 20.3. The van der Waals surface area contributed by atoms with Gasteiger partial charge in [-0.05, 0) is 55.5 Å². The SMILES string of the molecule is CC[N+]1=CC(C(=O)Nc2ccc(Oc3cc(-c4cscn4)cn4nccc34)c(F)c2)C(=O)N(c2ccc(F)cc2)C1=O. The largest absolute Gasteiger partial charge is 0.505 e. The van der Waals surface area contributed by atoms with E-state index in [1.165, 1.54) is 46.4 Å². The minimum Gasteiger partial charge on any atom is -0.452 e. The number of anilines is 2. The third-order valence-electron chi connectivity index (χ3n) is 6.58. The van der Waals surface area contributed by atoms with Crippen molar-refractivity contribution in [3.8, 4) is 22.8 Å². The lowest BCUT2D eigenvalue weighted by atomic mass is 10.1. The molecule has 1 N–H and O–H groups in total. The predicted molar refractivity (Wildman–Crippen MR) is 151 cm³/mol. The average molecular weight is 588 g/mol. The van der Waals surface area contributed by atoms with E-state index >= 15 is 4.39 Å². The van der Waals surface area contributed by atoms with Crippen LogP contribution >= 0.6 is 11.3 Å². The Balaban J connectivity index is 1.23. The number of amides is 4. The molecule has 0 saturated heterocycles. The number of benzene rings is 2. The van der Waals surface area contributed by atoms with Gasteiger partial charge in [-0.15, -0.1) is 16.2 Å². The quantitative estimate of drug-likeness (QED) is 0.203. The monoisotopic (exact) mass is 587 g/mol. The Morgan fingerprint density at radius 1 is 1.10 bits per heavy atom. The van der Waals surface area contributed by atoms with Crippen LogP contribution in [0.25, 0.3) is 16.8 Å². The molecule has 1 unspecified atom stereocenters. The summed E-state index contributed by atoms with van der Waals surface area (Å²) in [7, 11) is 0. The summed E-state index contributed by atoms with van der Waals surface area (Å²) in [5.74, 6) is -4.04. The molecule has 10 nitrogen and oxygen atoms in total. The number of rotatable bonds is 7. The Kier molecular flexibility index (Phi) is 7.00. The second-order valence-corrected chi connectivity index (χ2v) is 9.93. The van der Waals surface area contributed by atoms with Crippen LogP contribution in [0.2, 0.25) is 0 Å². The second kappa shape index (κ2) is 10.9. The first-order valence-electron chi connectivity index (χ1n) is 12.7. The maximum atomic E-state index is 15.2. The zero-order valence-corrected chi connectivity index (χ0v) is 22.7. The highest BCUT2D eigenvalue weighted by Gasteiger charge is 2.47. The van der Waals surface area contributed by atoms with E-state index < -0.39 is 35.4 Å². The van der Waals surface area contributed by atoms with Crippen LogP contribution in [-0.4, -0.2) is 49.8 Å². The molecule has 5 aromatic rings. The molecule has 13 heteroatoms. The van der Waals surface area contributed by atoms with Gasteiger partial charge in [-0.25, -0.2) is 27.7 Å². The molecular weight excluding hydrogens is 566 g/mol. The summed E-state index contributed by atoms with van der Waals surface area (Å²) in [6.45, 7) is 1.86. The molecular formula is C29H21F2N6O4S+. The highest BCUT2D eigenvalue weighted by atomic mass is 32.1. The van der Waals surface area contributed by atoms with Crippen LogP contribution in [0.4, 0.5) is 25.0 Å². The molecule has 210 valence electrons. The number of thiazole rings is 1. The van der Waals surface area contributed by atoms with E-state index in [1.807, 2.05) is 5.38 Å². The number of imide groups is 1. The Morgan fingerprint density at radius 3 is 2.62 bits per heavy atom. The van der Waals surface area contributed by atoms with Crippen molar-refractivity contribution in [1.82, 2.24) is 14.6 Å². The number of carbonyl (C=O) groups excluding carboxylic acids is 3. The molecule has 0 radical (unpaired) electrons. The minimum atomic E-state index is -1.39. The number of urea groups is 1. The van der Waals surface area contributed by atoms with Crippen molar-refractivity contribution in [2.24, 2.45) is 5.92 Å². The van der Waals surface area contributed by atoms with Crippen LogP contribution in [0.15, 0.2) is 77.9 Å². The van der Waals surface area contributed by atoms with Gasteiger partial charge in [0.1, 0.15) is 17.0 Å². The van der Waals surface area contributed by atoms with Crippen molar-refractivity contribution >= 4 is 52.3 Å². The molecule has 4 amide bonds. The van der Waals surface area contributed by atoms with Crippen LogP contribution in [-0.2, 0) is 9.59 Å². The number of ether oxygens (including phenoxy) is 1. The molecule has 2 aromatic carbocycles. The number of fused-ring (bicyclic) bond motifs is 1. The zero-order chi connectivity index (χ0) is 29.4. The van der Waals surface area contributed by atoms with Gasteiger partial charge in [-0.3, -0.25) is 4.79 Å². The smallest absolute Gasteiger partial charge is 0.452 e. The molecule has 0 bridgehead atoms. The van der Waals surface area contributed by atoms with E-state index in [-0.39, 0.29) is 23.7 Å². The van der Waals surface area contributed by atoms with Gasteiger partial charge in [0, 0.05) is 28.9 Å². The normalized spacial score (nSPS) is 15.2. The predicted octanol–water partition coefficient (Wildman–Crippen LogP) is 5.35. The van der Waals surface area contributed by atoms with Crippen molar-refractivity contribution in [3.63, 3.8) is 0 Å². The standard InChI is InChI=1S/C29H20F2N6O4S/c1-2-35-14-21(28(39)37(29(35)40)20-6-3-18(30)4-7-20)27(38)34-19-5-8-25(22(31)12-19)41-26-11-17(23-15-42-16-32-23)13-36-24(26)9-10-33-36/h3-16,21H,2H2,1H3/p+1. The summed E-state index contributed by atoms with van der Waals surface area (Å²) in [4.78, 5) is 44.4. The molecule has 1 atom stereocenters. The van der Waals surface area contributed by atoms with E-state index in [4.69, 9.17) is 4.74 Å². The number of nitrogens with one attached hydrogen (secondary N) is 1. The van der Waals surface area contributed by atoms with Gasteiger partial charge in [0.05, 0.1) is 30.2 Å². The summed E-state index contributed by atoms with van der Waals surface area (Å²) in [5, 5.41) is 8.66. The lowest BCUT2D eigenvalue weighted by Crippen LogP contribution is -2.54.